The average Bonchev–Trinajstić information content (AvgIpc) is 2.66. The first-order valence-corrected chi connectivity index (χ1v) is 11.3. The Labute approximate surface area is 159 Å². The Hall–Kier alpha value is -0.220. The second-order valence-electron chi connectivity index (χ2n) is 9.43. The van der Waals surface area contributed by atoms with Gasteiger partial charge in [-0.3, -0.25) is 0 Å². The van der Waals surface area contributed by atoms with Crippen LogP contribution in [0, 0.1) is 17.3 Å². The van der Waals surface area contributed by atoms with E-state index in [4.69, 9.17) is 0 Å². The third kappa shape index (κ3) is 4.98. The quantitative estimate of drug-likeness (QED) is 0.548. The fourth-order valence-electron chi connectivity index (χ4n) is 6.00. The van der Waals surface area contributed by atoms with Gasteiger partial charge in [0.2, 0.25) is 0 Å². The molecule has 0 unspecified atom stereocenters. The molecular formula is C22H40F2N2. The topological polar surface area (TPSA) is 6.48 Å². The average molecular weight is 371 g/mol. The van der Waals surface area contributed by atoms with Crippen LogP contribution in [-0.2, 0) is 0 Å². The van der Waals surface area contributed by atoms with E-state index >= 15 is 0 Å². The molecule has 4 heteroatoms. The zero-order chi connectivity index (χ0) is 18.6. The maximum Gasteiger partial charge on any atom is 0.295 e. The Morgan fingerprint density at radius 3 is 1.96 bits per heavy atom. The second kappa shape index (κ2) is 9.32. The fraction of sp³-hybridized carbons (Fsp3) is 1.00. The van der Waals surface area contributed by atoms with Gasteiger partial charge in [-0.25, -0.2) is 4.90 Å². The lowest BCUT2D eigenvalue weighted by Gasteiger charge is -2.48. The third-order valence-corrected chi connectivity index (χ3v) is 8.08. The first-order chi connectivity index (χ1) is 12.5. The van der Waals surface area contributed by atoms with Gasteiger partial charge in [-0.1, -0.05) is 33.1 Å². The van der Waals surface area contributed by atoms with Gasteiger partial charge in [-0.15, -0.1) is 0 Å². The van der Waals surface area contributed by atoms with Crippen molar-refractivity contribution in [3.63, 3.8) is 0 Å². The summed E-state index contributed by atoms with van der Waals surface area (Å²) in [5.41, 5.74) is 0.467. The van der Waals surface area contributed by atoms with Gasteiger partial charge in [-0.2, -0.15) is 8.78 Å². The first-order valence-electron chi connectivity index (χ1n) is 11.3. The number of rotatable bonds is 6. The van der Waals surface area contributed by atoms with Crippen LogP contribution in [0.5, 0.6) is 0 Å². The fourth-order valence-corrected chi connectivity index (χ4v) is 6.00. The molecule has 1 saturated heterocycles. The van der Waals surface area contributed by atoms with Crippen molar-refractivity contribution in [2.45, 2.75) is 97.1 Å². The highest BCUT2D eigenvalue weighted by molar-refractivity contribution is 4.93. The van der Waals surface area contributed by atoms with Gasteiger partial charge in [0.05, 0.1) is 0 Å². The van der Waals surface area contributed by atoms with Crippen molar-refractivity contribution in [3.8, 4) is 0 Å². The van der Waals surface area contributed by atoms with Crippen molar-refractivity contribution in [3.05, 3.63) is 0 Å². The summed E-state index contributed by atoms with van der Waals surface area (Å²) in [6.45, 7) is 6.18. The number of piperidine rings is 1. The van der Waals surface area contributed by atoms with Gasteiger partial charge < -0.3 is 4.90 Å². The largest absolute Gasteiger partial charge is 0.303 e. The zero-order valence-corrected chi connectivity index (χ0v) is 17.1. The molecule has 0 amide bonds. The van der Waals surface area contributed by atoms with Crippen LogP contribution < -0.4 is 0 Å². The molecule has 3 fully saturated rings. The summed E-state index contributed by atoms with van der Waals surface area (Å²) in [5, 5.41) is 0. The van der Waals surface area contributed by atoms with Crippen molar-refractivity contribution in [1.82, 2.24) is 9.80 Å². The molecule has 2 aliphatic carbocycles. The van der Waals surface area contributed by atoms with E-state index in [2.05, 4.69) is 11.8 Å². The van der Waals surface area contributed by atoms with Crippen LogP contribution >= 0.6 is 0 Å². The first kappa shape index (κ1) is 20.5. The molecule has 2 saturated carbocycles. The second-order valence-corrected chi connectivity index (χ2v) is 9.43. The Balaban J connectivity index is 1.40. The number of alkyl halides is 2. The smallest absolute Gasteiger partial charge is 0.295 e. The summed E-state index contributed by atoms with van der Waals surface area (Å²) in [5.74, 6) is 1.91. The molecular weight excluding hydrogens is 330 g/mol. The van der Waals surface area contributed by atoms with Crippen molar-refractivity contribution in [2.75, 3.05) is 26.2 Å². The highest BCUT2D eigenvalue weighted by Gasteiger charge is 2.40. The summed E-state index contributed by atoms with van der Waals surface area (Å²) in [7, 11) is 0. The molecule has 3 rings (SSSR count). The van der Waals surface area contributed by atoms with Crippen LogP contribution in [-0.4, -0.2) is 48.6 Å². The van der Waals surface area contributed by atoms with E-state index in [9.17, 15) is 8.78 Å². The van der Waals surface area contributed by atoms with E-state index < -0.39 is 6.55 Å². The standard InChI is InChI=1S/C22H40F2N2/c1-3-18-5-7-19(8-6-18)17-25-15-13-22(14-16-25)11-9-20(10-12-22)26(4-2)21(23)24/h18-21H,3-17H2,1-2H3. The van der Waals surface area contributed by atoms with Gasteiger partial charge in [0.1, 0.15) is 0 Å². The van der Waals surface area contributed by atoms with Crippen LogP contribution in [0.3, 0.4) is 0 Å². The molecule has 3 aliphatic rings. The van der Waals surface area contributed by atoms with Crippen LogP contribution in [0.25, 0.3) is 0 Å². The molecule has 26 heavy (non-hydrogen) atoms. The predicted octanol–water partition coefficient (Wildman–Crippen LogP) is 5.77. The molecule has 0 aromatic rings. The number of nitrogens with zero attached hydrogens (tertiary/aromatic N) is 2. The van der Waals surface area contributed by atoms with Crippen molar-refractivity contribution < 1.29 is 8.78 Å². The molecule has 0 aromatic carbocycles. The number of hydrogen-bond donors (Lipinski definition) is 0. The molecule has 0 atom stereocenters. The number of likely N-dealkylation sites (tertiary alicyclic amines) is 1. The molecule has 0 aromatic heterocycles. The molecule has 0 bridgehead atoms. The molecule has 1 spiro atoms. The molecule has 1 aliphatic heterocycles. The third-order valence-electron chi connectivity index (χ3n) is 8.08. The minimum Gasteiger partial charge on any atom is -0.303 e. The Bertz CT molecular complexity index is 402. The lowest BCUT2D eigenvalue weighted by Crippen LogP contribution is -2.47. The SMILES string of the molecule is CCC1CCC(CN2CCC3(CCC(N(CC)C(F)F)CC3)CC2)CC1. The van der Waals surface area contributed by atoms with Gasteiger partial charge in [0.15, 0.2) is 0 Å². The van der Waals surface area contributed by atoms with E-state index in [1.807, 2.05) is 6.92 Å². The minimum absolute atomic E-state index is 0.109. The van der Waals surface area contributed by atoms with E-state index in [-0.39, 0.29) is 6.04 Å². The summed E-state index contributed by atoms with van der Waals surface area (Å²) in [6, 6.07) is 0.109. The van der Waals surface area contributed by atoms with E-state index in [1.165, 1.54) is 69.5 Å². The van der Waals surface area contributed by atoms with E-state index in [1.54, 1.807) is 0 Å². The number of halogens is 2. The van der Waals surface area contributed by atoms with E-state index in [0.717, 1.165) is 37.5 Å². The lowest BCUT2D eigenvalue weighted by atomic mass is 9.66. The Morgan fingerprint density at radius 2 is 1.46 bits per heavy atom. The summed E-state index contributed by atoms with van der Waals surface area (Å²) >= 11 is 0. The maximum atomic E-state index is 13.2. The van der Waals surface area contributed by atoms with Gasteiger partial charge in [0, 0.05) is 19.1 Å². The predicted molar refractivity (Wildman–Crippen MR) is 104 cm³/mol. The molecule has 152 valence electrons. The van der Waals surface area contributed by atoms with Crippen LogP contribution in [0.1, 0.15) is 84.5 Å². The van der Waals surface area contributed by atoms with Crippen LogP contribution in [0.2, 0.25) is 0 Å². The molecule has 0 radical (unpaired) electrons. The van der Waals surface area contributed by atoms with Gasteiger partial charge >= 0.3 is 0 Å². The van der Waals surface area contributed by atoms with Gasteiger partial charge in [-0.05, 0) is 81.7 Å². The molecule has 2 nitrogen and oxygen atoms in total. The number of hydrogen-bond acceptors (Lipinski definition) is 2. The van der Waals surface area contributed by atoms with Crippen molar-refractivity contribution >= 4 is 0 Å². The zero-order valence-electron chi connectivity index (χ0n) is 17.1. The van der Waals surface area contributed by atoms with Crippen LogP contribution in [0.15, 0.2) is 0 Å². The van der Waals surface area contributed by atoms with Crippen molar-refractivity contribution in [1.29, 1.82) is 0 Å². The molecule has 0 N–H and O–H groups in total. The maximum absolute atomic E-state index is 13.2. The lowest BCUT2D eigenvalue weighted by molar-refractivity contribution is -0.0726. The Kier molecular flexibility index (Phi) is 7.35. The van der Waals surface area contributed by atoms with Gasteiger partial charge in [0.25, 0.3) is 6.55 Å². The summed E-state index contributed by atoms with van der Waals surface area (Å²) < 4.78 is 26.3. The normalized spacial score (nSPS) is 31.2. The Morgan fingerprint density at radius 1 is 0.885 bits per heavy atom. The highest BCUT2D eigenvalue weighted by Crippen LogP contribution is 2.46. The van der Waals surface area contributed by atoms with E-state index in [0.29, 0.717) is 12.0 Å². The van der Waals surface area contributed by atoms with Crippen LogP contribution in [0.4, 0.5) is 8.78 Å². The van der Waals surface area contributed by atoms with Crippen molar-refractivity contribution in [2.24, 2.45) is 17.3 Å². The molecule has 1 heterocycles. The summed E-state index contributed by atoms with van der Waals surface area (Å²) in [4.78, 5) is 4.13. The highest BCUT2D eigenvalue weighted by atomic mass is 19.3. The summed E-state index contributed by atoms with van der Waals surface area (Å²) in [6.07, 6.45) is 14.0. The minimum atomic E-state index is -2.29. The monoisotopic (exact) mass is 370 g/mol.